The number of nitrogens with one attached hydrogen (secondary N) is 1. The maximum Gasteiger partial charge on any atom is 0.194 e. The van der Waals surface area contributed by atoms with E-state index in [1.54, 1.807) is 21.3 Å². The Morgan fingerprint density at radius 2 is 1.59 bits per heavy atom. The average Bonchev–Trinajstić information content (AvgIpc) is 3.14. The number of ether oxygens (including phenoxy) is 3. The lowest BCUT2D eigenvalue weighted by molar-refractivity contribution is 0.299. The Balaban J connectivity index is 1.79. The Hall–Kier alpha value is -2.11. The van der Waals surface area contributed by atoms with Crippen LogP contribution in [0.1, 0.15) is 38.2 Å². The molecule has 1 N–H and O–H groups in total. The number of aliphatic imine (C=N–C) groups is 1. The first-order chi connectivity index (χ1) is 13.2. The van der Waals surface area contributed by atoms with Crippen molar-refractivity contribution in [1.82, 2.24) is 10.2 Å². The number of nitrogens with zero attached hydrogens (tertiary/aromatic N) is 2. The summed E-state index contributed by atoms with van der Waals surface area (Å²) in [5.74, 6) is 4.79. The van der Waals surface area contributed by atoms with E-state index in [2.05, 4.69) is 17.1 Å². The van der Waals surface area contributed by atoms with Crippen molar-refractivity contribution in [3.05, 3.63) is 17.7 Å². The summed E-state index contributed by atoms with van der Waals surface area (Å²) in [6.07, 6.45) is 5.49. The molecule has 3 rings (SSSR count). The predicted octanol–water partition coefficient (Wildman–Crippen LogP) is 3.30. The van der Waals surface area contributed by atoms with Gasteiger partial charge >= 0.3 is 0 Å². The molecule has 1 heterocycles. The molecule has 0 radical (unpaired) electrons. The number of guanidine groups is 1. The highest BCUT2D eigenvalue weighted by atomic mass is 16.5. The molecular weight excluding hydrogens is 342 g/mol. The third kappa shape index (κ3) is 4.42. The Bertz CT molecular complexity index is 648. The van der Waals surface area contributed by atoms with Crippen molar-refractivity contribution in [3.8, 4) is 17.2 Å². The lowest BCUT2D eigenvalue weighted by Crippen LogP contribution is -2.40. The van der Waals surface area contributed by atoms with Crippen molar-refractivity contribution >= 4 is 5.96 Å². The van der Waals surface area contributed by atoms with Gasteiger partial charge in [-0.2, -0.15) is 0 Å². The molecule has 1 aromatic rings. The van der Waals surface area contributed by atoms with Crippen LogP contribution in [0, 0.1) is 11.8 Å². The minimum Gasteiger partial charge on any atom is -0.496 e. The highest BCUT2D eigenvalue weighted by molar-refractivity contribution is 5.80. The molecule has 1 saturated carbocycles. The van der Waals surface area contributed by atoms with E-state index in [1.807, 2.05) is 12.1 Å². The van der Waals surface area contributed by atoms with Crippen molar-refractivity contribution in [2.45, 2.75) is 39.2 Å². The molecule has 0 bridgehead atoms. The Labute approximate surface area is 162 Å². The van der Waals surface area contributed by atoms with E-state index >= 15 is 0 Å². The summed E-state index contributed by atoms with van der Waals surface area (Å²) in [7, 11) is 4.95. The molecule has 1 aliphatic carbocycles. The molecule has 150 valence electrons. The molecule has 2 fully saturated rings. The third-order valence-electron chi connectivity index (χ3n) is 5.80. The van der Waals surface area contributed by atoms with Gasteiger partial charge < -0.3 is 24.4 Å². The van der Waals surface area contributed by atoms with Crippen LogP contribution in [-0.2, 0) is 6.54 Å². The quantitative estimate of drug-likeness (QED) is 0.611. The molecular formula is C21H33N3O3. The van der Waals surface area contributed by atoms with Gasteiger partial charge in [-0.05, 0) is 37.7 Å². The molecule has 0 aromatic heterocycles. The van der Waals surface area contributed by atoms with Crippen molar-refractivity contribution in [2.75, 3.05) is 41.0 Å². The van der Waals surface area contributed by atoms with E-state index in [4.69, 9.17) is 19.2 Å². The van der Waals surface area contributed by atoms with Crippen LogP contribution in [0.4, 0.5) is 0 Å². The fourth-order valence-electron chi connectivity index (χ4n) is 4.38. The predicted molar refractivity (Wildman–Crippen MR) is 108 cm³/mol. The topological polar surface area (TPSA) is 55.3 Å². The van der Waals surface area contributed by atoms with Gasteiger partial charge in [0.05, 0.1) is 27.9 Å². The number of hydrogen-bond acceptors (Lipinski definition) is 4. The van der Waals surface area contributed by atoms with Crippen LogP contribution < -0.4 is 19.5 Å². The van der Waals surface area contributed by atoms with Gasteiger partial charge in [0.15, 0.2) is 17.5 Å². The minimum atomic E-state index is 0.539. The van der Waals surface area contributed by atoms with Crippen LogP contribution in [0.5, 0.6) is 17.2 Å². The molecule has 6 heteroatoms. The van der Waals surface area contributed by atoms with Gasteiger partial charge in [0, 0.05) is 31.3 Å². The largest absolute Gasteiger partial charge is 0.496 e. The van der Waals surface area contributed by atoms with E-state index in [9.17, 15) is 0 Å². The van der Waals surface area contributed by atoms with Gasteiger partial charge in [0.25, 0.3) is 0 Å². The lowest BCUT2D eigenvalue weighted by Gasteiger charge is -2.22. The number of benzene rings is 1. The number of rotatable bonds is 6. The first kappa shape index (κ1) is 19.6. The van der Waals surface area contributed by atoms with Crippen LogP contribution >= 0.6 is 0 Å². The summed E-state index contributed by atoms with van der Waals surface area (Å²) in [6, 6.07) is 3.81. The van der Waals surface area contributed by atoms with Crippen LogP contribution in [-0.4, -0.2) is 51.8 Å². The van der Waals surface area contributed by atoms with Crippen LogP contribution in [0.25, 0.3) is 0 Å². The van der Waals surface area contributed by atoms with Crippen LogP contribution in [0.3, 0.4) is 0 Å². The lowest BCUT2D eigenvalue weighted by atomic mass is 9.82. The van der Waals surface area contributed by atoms with E-state index in [0.717, 1.165) is 48.7 Å². The SMILES string of the molecule is CCNC(=NCc1cc(OC)c(OC)cc1OC)N1CC2CCCCC2C1. The summed E-state index contributed by atoms with van der Waals surface area (Å²) < 4.78 is 16.4. The van der Waals surface area contributed by atoms with Gasteiger partial charge in [-0.15, -0.1) is 0 Å². The molecule has 1 saturated heterocycles. The zero-order chi connectivity index (χ0) is 19.2. The molecule has 6 nitrogen and oxygen atoms in total. The Morgan fingerprint density at radius 1 is 1.00 bits per heavy atom. The second kappa shape index (κ2) is 9.20. The number of fused-ring (bicyclic) bond motifs is 1. The van der Waals surface area contributed by atoms with E-state index in [1.165, 1.54) is 25.7 Å². The van der Waals surface area contributed by atoms with Crippen LogP contribution in [0.15, 0.2) is 17.1 Å². The number of hydrogen-bond donors (Lipinski definition) is 1. The molecule has 0 amide bonds. The summed E-state index contributed by atoms with van der Waals surface area (Å²) in [6.45, 7) is 5.78. The summed E-state index contributed by atoms with van der Waals surface area (Å²) in [4.78, 5) is 7.36. The monoisotopic (exact) mass is 375 g/mol. The fourth-order valence-corrected chi connectivity index (χ4v) is 4.38. The first-order valence-corrected chi connectivity index (χ1v) is 10.0. The summed E-state index contributed by atoms with van der Waals surface area (Å²) in [5.41, 5.74) is 0.988. The second-order valence-electron chi connectivity index (χ2n) is 7.40. The normalized spacial score (nSPS) is 22.4. The van der Waals surface area contributed by atoms with Gasteiger partial charge in [0.2, 0.25) is 0 Å². The molecule has 1 aromatic carbocycles. The van der Waals surface area contributed by atoms with Gasteiger partial charge in [0.1, 0.15) is 5.75 Å². The Morgan fingerprint density at radius 3 is 2.15 bits per heavy atom. The maximum absolute atomic E-state index is 5.54. The third-order valence-corrected chi connectivity index (χ3v) is 5.80. The summed E-state index contributed by atoms with van der Waals surface area (Å²) in [5, 5.41) is 3.47. The van der Waals surface area contributed by atoms with E-state index in [-0.39, 0.29) is 0 Å². The number of likely N-dealkylation sites (tertiary alicyclic amines) is 1. The van der Waals surface area contributed by atoms with Gasteiger partial charge in [-0.1, -0.05) is 12.8 Å². The minimum absolute atomic E-state index is 0.539. The van der Waals surface area contributed by atoms with E-state index in [0.29, 0.717) is 18.0 Å². The maximum atomic E-state index is 5.54. The van der Waals surface area contributed by atoms with Crippen molar-refractivity contribution < 1.29 is 14.2 Å². The van der Waals surface area contributed by atoms with Gasteiger partial charge in [-0.25, -0.2) is 4.99 Å². The highest BCUT2D eigenvalue weighted by Crippen LogP contribution is 2.37. The first-order valence-electron chi connectivity index (χ1n) is 10.0. The fraction of sp³-hybridized carbons (Fsp3) is 0.667. The number of methoxy groups -OCH3 is 3. The van der Waals surface area contributed by atoms with Crippen LogP contribution in [0.2, 0.25) is 0 Å². The zero-order valence-corrected chi connectivity index (χ0v) is 17.1. The average molecular weight is 376 g/mol. The van der Waals surface area contributed by atoms with Crippen molar-refractivity contribution in [2.24, 2.45) is 16.8 Å². The molecule has 0 spiro atoms. The van der Waals surface area contributed by atoms with Gasteiger partial charge in [-0.3, -0.25) is 0 Å². The van der Waals surface area contributed by atoms with E-state index < -0.39 is 0 Å². The van der Waals surface area contributed by atoms with Crippen molar-refractivity contribution in [3.63, 3.8) is 0 Å². The molecule has 2 aliphatic rings. The molecule has 27 heavy (non-hydrogen) atoms. The molecule has 2 unspecified atom stereocenters. The second-order valence-corrected chi connectivity index (χ2v) is 7.40. The highest BCUT2D eigenvalue weighted by Gasteiger charge is 2.35. The standard InChI is InChI=1S/C21H33N3O3/c1-5-22-21(24-13-15-8-6-7-9-16(15)14-24)23-12-17-10-19(26-3)20(27-4)11-18(17)25-2/h10-11,15-16H,5-9,12-14H2,1-4H3,(H,22,23). The summed E-state index contributed by atoms with van der Waals surface area (Å²) >= 11 is 0. The molecule has 1 aliphatic heterocycles. The molecule has 2 atom stereocenters. The zero-order valence-electron chi connectivity index (χ0n) is 17.1. The Kier molecular flexibility index (Phi) is 6.69. The smallest absolute Gasteiger partial charge is 0.194 e. The van der Waals surface area contributed by atoms with Crippen molar-refractivity contribution in [1.29, 1.82) is 0 Å².